The van der Waals surface area contributed by atoms with E-state index in [0.29, 0.717) is 11.3 Å². The van der Waals surface area contributed by atoms with Crippen molar-refractivity contribution in [2.75, 3.05) is 5.73 Å². The second kappa shape index (κ2) is 3.05. The summed E-state index contributed by atoms with van der Waals surface area (Å²) in [4.78, 5) is 10.5. The van der Waals surface area contributed by atoms with Crippen molar-refractivity contribution in [2.24, 2.45) is 0 Å². The van der Waals surface area contributed by atoms with Crippen molar-refractivity contribution < 1.29 is 4.79 Å². The van der Waals surface area contributed by atoms with Crippen LogP contribution >= 0.6 is 15.9 Å². The summed E-state index contributed by atoms with van der Waals surface area (Å²) in [5.74, 6) is 0. The highest BCUT2D eigenvalue weighted by molar-refractivity contribution is 9.10. The molecule has 0 aliphatic rings. The molecule has 0 aliphatic carbocycles. The number of carbonyl (C=O) groups is 1. The third-order valence-electron chi connectivity index (χ3n) is 1.57. The molecule has 1 aromatic rings. The van der Waals surface area contributed by atoms with Crippen LogP contribution in [-0.4, -0.2) is 6.29 Å². The van der Waals surface area contributed by atoms with Gasteiger partial charge >= 0.3 is 0 Å². The largest absolute Gasteiger partial charge is 0.398 e. The molecule has 11 heavy (non-hydrogen) atoms. The maximum Gasteiger partial charge on any atom is 0.153 e. The molecule has 0 bridgehead atoms. The highest BCUT2D eigenvalue weighted by atomic mass is 79.9. The zero-order chi connectivity index (χ0) is 8.43. The standard InChI is InChI=1S/C8H8BrNO/c1-5-2-3-7(9)6(4-11)8(5)10/h2-4H,10H2,1H3. The quantitative estimate of drug-likeness (QED) is 0.574. The van der Waals surface area contributed by atoms with Crippen LogP contribution in [0.15, 0.2) is 16.6 Å². The maximum absolute atomic E-state index is 10.5. The van der Waals surface area contributed by atoms with Gasteiger partial charge in [0, 0.05) is 10.2 Å². The van der Waals surface area contributed by atoms with Crippen LogP contribution in [0.4, 0.5) is 5.69 Å². The first-order chi connectivity index (χ1) is 5.16. The second-order valence-electron chi connectivity index (χ2n) is 2.31. The van der Waals surface area contributed by atoms with E-state index in [-0.39, 0.29) is 0 Å². The number of nitrogen functional groups attached to an aromatic ring is 1. The number of benzene rings is 1. The molecule has 0 heterocycles. The number of aryl methyl sites for hydroxylation is 1. The Hall–Kier alpha value is -0.830. The molecule has 0 saturated carbocycles. The first-order valence-electron chi connectivity index (χ1n) is 3.16. The molecule has 58 valence electrons. The molecule has 1 aromatic carbocycles. The first-order valence-corrected chi connectivity index (χ1v) is 3.96. The minimum atomic E-state index is 0.532. The topological polar surface area (TPSA) is 43.1 Å². The SMILES string of the molecule is Cc1ccc(Br)c(C=O)c1N. The van der Waals surface area contributed by atoms with Crippen molar-refractivity contribution in [3.05, 3.63) is 27.7 Å². The fourth-order valence-corrected chi connectivity index (χ4v) is 1.28. The lowest BCUT2D eigenvalue weighted by molar-refractivity contribution is 0.112. The van der Waals surface area contributed by atoms with Gasteiger partial charge in [-0.2, -0.15) is 0 Å². The Morgan fingerprint density at radius 2 is 2.18 bits per heavy atom. The van der Waals surface area contributed by atoms with Gasteiger partial charge in [0.15, 0.2) is 6.29 Å². The minimum Gasteiger partial charge on any atom is -0.398 e. The summed E-state index contributed by atoms with van der Waals surface area (Å²) >= 11 is 3.23. The Balaban J connectivity index is 3.40. The molecule has 0 spiro atoms. The van der Waals surface area contributed by atoms with E-state index in [0.717, 1.165) is 16.3 Å². The summed E-state index contributed by atoms with van der Waals surface area (Å²) in [6.07, 6.45) is 0.756. The number of anilines is 1. The third-order valence-corrected chi connectivity index (χ3v) is 2.26. The molecule has 0 fully saturated rings. The highest BCUT2D eigenvalue weighted by Crippen LogP contribution is 2.23. The number of carbonyl (C=O) groups excluding carboxylic acids is 1. The number of halogens is 1. The molecule has 0 saturated heterocycles. The maximum atomic E-state index is 10.5. The predicted octanol–water partition coefficient (Wildman–Crippen LogP) is 2.15. The van der Waals surface area contributed by atoms with E-state index in [1.807, 2.05) is 19.1 Å². The lowest BCUT2D eigenvalue weighted by Crippen LogP contribution is -1.96. The number of hydrogen-bond acceptors (Lipinski definition) is 2. The Morgan fingerprint density at radius 3 is 2.64 bits per heavy atom. The van der Waals surface area contributed by atoms with Crippen molar-refractivity contribution in [3.63, 3.8) is 0 Å². The Labute approximate surface area is 73.5 Å². The Bertz CT molecular complexity index is 296. The van der Waals surface area contributed by atoms with Crippen LogP contribution in [0.5, 0.6) is 0 Å². The first kappa shape index (κ1) is 8.27. The molecule has 0 aliphatic heterocycles. The molecule has 2 nitrogen and oxygen atoms in total. The monoisotopic (exact) mass is 213 g/mol. The van der Waals surface area contributed by atoms with Crippen LogP contribution in [0, 0.1) is 6.92 Å². The van der Waals surface area contributed by atoms with E-state index in [2.05, 4.69) is 15.9 Å². The smallest absolute Gasteiger partial charge is 0.153 e. The van der Waals surface area contributed by atoms with E-state index in [4.69, 9.17) is 5.73 Å². The average Bonchev–Trinajstić information content (AvgIpc) is 1.99. The molecule has 3 heteroatoms. The van der Waals surface area contributed by atoms with Crippen molar-refractivity contribution in [3.8, 4) is 0 Å². The predicted molar refractivity (Wildman–Crippen MR) is 48.7 cm³/mol. The van der Waals surface area contributed by atoms with Crippen LogP contribution in [0.25, 0.3) is 0 Å². The Morgan fingerprint density at radius 1 is 1.55 bits per heavy atom. The van der Waals surface area contributed by atoms with Crippen molar-refractivity contribution in [1.82, 2.24) is 0 Å². The van der Waals surface area contributed by atoms with Crippen molar-refractivity contribution in [2.45, 2.75) is 6.92 Å². The molecular formula is C8H8BrNO. The number of nitrogens with two attached hydrogens (primary N) is 1. The molecule has 0 radical (unpaired) electrons. The normalized spacial score (nSPS) is 9.64. The number of aldehydes is 1. The van der Waals surface area contributed by atoms with Crippen LogP contribution in [-0.2, 0) is 0 Å². The number of rotatable bonds is 1. The summed E-state index contributed by atoms with van der Waals surface area (Å²) in [7, 11) is 0. The van der Waals surface area contributed by atoms with E-state index >= 15 is 0 Å². The van der Waals surface area contributed by atoms with Crippen LogP contribution in [0.1, 0.15) is 15.9 Å². The lowest BCUT2D eigenvalue weighted by atomic mass is 10.1. The fraction of sp³-hybridized carbons (Fsp3) is 0.125. The summed E-state index contributed by atoms with van der Waals surface area (Å²) < 4.78 is 0.746. The van der Waals surface area contributed by atoms with Gasteiger partial charge in [0.25, 0.3) is 0 Å². The molecular weight excluding hydrogens is 206 g/mol. The van der Waals surface area contributed by atoms with Gasteiger partial charge in [-0.25, -0.2) is 0 Å². The molecule has 0 atom stereocenters. The summed E-state index contributed by atoms with van der Waals surface area (Å²) in [5.41, 5.74) is 7.64. The van der Waals surface area contributed by atoms with Gasteiger partial charge in [-0.1, -0.05) is 6.07 Å². The van der Waals surface area contributed by atoms with Crippen molar-refractivity contribution >= 4 is 27.9 Å². The van der Waals surface area contributed by atoms with Crippen LogP contribution < -0.4 is 5.73 Å². The van der Waals surface area contributed by atoms with E-state index in [9.17, 15) is 4.79 Å². The lowest BCUT2D eigenvalue weighted by Gasteiger charge is -2.03. The second-order valence-corrected chi connectivity index (χ2v) is 3.16. The molecule has 0 aromatic heterocycles. The zero-order valence-electron chi connectivity index (χ0n) is 6.10. The molecule has 2 N–H and O–H groups in total. The van der Waals surface area contributed by atoms with Gasteiger partial charge in [0.2, 0.25) is 0 Å². The van der Waals surface area contributed by atoms with E-state index in [1.165, 1.54) is 0 Å². The van der Waals surface area contributed by atoms with Gasteiger partial charge in [0.05, 0.1) is 5.56 Å². The van der Waals surface area contributed by atoms with Crippen molar-refractivity contribution in [1.29, 1.82) is 0 Å². The summed E-state index contributed by atoms with van der Waals surface area (Å²) in [6, 6.07) is 3.68. The van der Waals surface area contributed by atoms with E-state index in [1.54, 1.807) is 0 Å². The fourth-order valence-electron chi connectivity index (χ4n) is 0.839. The number of hydrogen-bond donors (Lipinski definition) is 1. The Kier molecular flexibility index (Phi) is 2.29. The molecule has 1 rings (SSSR count). The minimum absolute atomic E-state index is 0.532. The molecule has 0 unspecified atom stereocenters. The van der Waals surface area contributed by atoms with Gasteiger partial charge in [-0.3, -0.25) is 4.79 Å². The van der Waals surface area contributed by atoms with Gasteiger partial charge in [0.1, 0.15) is 0 Å². The highest BCUT2D eigenvalue weighted by Gasteiger charge is 2.04. The zero-order valence-corrected chi connectivity index (χ0v) is 7.68. The van der Waals surface area contributed by atoms with Gasteiger partial charge < -0.3 is 5.73 Å². The van der Waals surface area contributed by atoms with E-state index < -0.39 is 0 Å². The molecule has 0 amide bonds. The van der Waals surface area contributed by atoms with Crippen LogP contribution in [0.3, 0.4) is 0 Å². The van der Waals surface area contributed by atoms with Gasteiger partial charge in [-0.05, 0) is 34.5 Å². The summed E-state index contributed by atoms with van der Waals surface area (Å²) in [5, 5.41) is 0. The third kappa shape index (κ3) is 1.43. The van der Waals surface area contributed by atoms with Crippen LogP contribution in [0.2, 0.25) is 0 Å². The average molecular weight is 214 g/mol. The van der Waals surface area contributed by atoms with Gasteiger partial charge in [-0.15, -0.1) is 0 Å². The summed E-state index contributed by atoms with van der Waals surface area (Å²) in [6.45, 7) is 1.87.